The molecular formula is C9H9N3O2. The van der Waals surface area contributed by atoms with Gasteiger partial charge in [0, 0.05) is 0 Å². The third kappa shape index (κ3) is 1.38. The van der Waals surface area contributed by atoms with Gasteiger partial charge in [0.15, 0.2) is 5.76 Å². The zero-order chi connectivity index (χ0) is 9.97. The Kier molecular flexibility index (Phi) is 2.24. The van der Waals surface area contributed by atoms with Crippen molar-refractivity contribution in [2.75, 3.05) is 6.54 Å². The van der Waals surface area contributed by atoms with Crippen LogP contribution in [0, 0.1) is 0 Å². The molecule has 0 bridgehead atoms. The first-order valence-electron chi connectivity index (χ1n) is 4.26. The number of nitrogens with two attached hydrogens (primary N) is 1. The Labute approximate surface area is 80.3 Å². The van der Waals surface area contributed by atoms with Crippen molar-refractivity contribution in [3.05, 3.63) is 29.7 Å². The van der Waals surface area contributed by atoms with E-state index >= 15 is 0 Å². The second kappa shape index (κ2) is 3.55. The molecule has 2 heterocycles. The Morgan fingerprint density at radius 3 is 2.93 bits per heavy atom. The molecule has 2 N–H and O–H groups in total. The van der Waals surface area contributed by atoms with Crippen molar-refractivity contribution < 1.29 is 9.21 Å². The average molecular weight is 191 g/mol. The highest BCUT2D eigenvalue weighted by molar-refractivity contribution is 6.03. The van der Waals surface area contributed by atoms with Crippen molar-refractivity contribution in [3.63, 3.8) is 0 Å². The molecule has 0 unspecified atom stereocenters. The van der Waals surface area contributed by atoms with Crippen molar-refractivity contribution >= 4 is 11.6 Å². The van der Waals surface area contributed by atoms with Gasteiger partial charge in [0.2, 0.25) is 0 Å². The van der Waals surface area contributed by atoms with Crippen LogP contribution in [0.2, 0.25) is 0 Å². The number of hydrogen-bond donors (Lipinski definition) is 1. The van der Waals surface area contributed by atoms with E-state index in [1.165, 1.54) is 6.26 Å². The predicted molar refractivity (Wildman–Crippen MR) is 49.2 cm³/mol. The Bertz CT molecular complexity index is 404. The molecule has 0 aliphatic carbocycles. The molecule has 1 amide bonds. The molecule has 0 saturated heterocycles. The Morgan fingerprint density at radius 1 is 1.43 bits per heavy atom. The second-order valence-corrected chi connectivity index (χ2v) is 2.85. The van der Waals surface area contributed by atoms with Crippen LogP contribution in [0.5, 0.6) is 0 Å². The van der Waals surface area contributed by atoms with Crippen molar-refractivity contribution in [2.45, 2.75) is 6.42 Å². The highest BCUT2D eigenvalue weighted by Crippen LogP contribution is 2.28. The molecule has 0 aromatic carbocycles. The van der Waals surface area contributed by atoms with E-state index in [0.717, 1.165) is 0 Å². The van der Waals surface area contributed by atoms with Gasteiger partial charge < -0.3 is 10.2 Å². The van der Waals surface area contributed by atoms with Gasteiger partial charge in [-0.05, 0) is 25.1 Å². The summed E-state index contributed by atoms with van der Waals surface area (Å²) in [6, 6.07) is 3.48. The molecule has 1 aromatic rings. The number of furan rings is 1. The van der Waals surface area contributed by atoms with Gasteiger partial charge in [-0.2, -0.15) is 0 Å². The third-order valence-electron chi connectivity index (χ3n) is 1.93. The van der Waals surface area contributed by atoms with Crippen molar-refractivity contribution in [2.24, 2.45) is 16.0 Å². The van der Waals surface area contributed by atoms with Crippen molar-refractivity contribution in [1.82, 2.24) is 0 Å². The molecular weight excluding hydrogens is 182 g/mol. The largest absolute Gasteiger partial charge is 0.463 e. The van der Waals surface area contributed by atoms with Crippen molar-refractivity contribution in [1.29, 1.82) is 0 Å². The molecule has 14 heavy (non-hydrogen) atoms. The first-order valence-corrected chi connectivity index (χ1v) is 4.26. The minimum absolute atomic E-state index is 0.318. The van der Waals surface area contributed by atoms with Crippen LogP contribution in [0.3, 0.4) is 0 Å². The Hall–Kier alpha value is -1.75. The van der Waals surface area contributed by atoms with E-state index in [4.69, 9.17) is 10.2 Å². The maximum absolute atomic E-state index is 11.3. The number of carbonyl (C=O) groups is 1. The van der Waals surface area contributed by atoms with Crippen LogP contribution in [0.1, 0.15) is 12.2 Å². The van der Waals surface area contributed by atoms with E-state index in [0.29, 0.717) is 30.0 Å². The molecule has 2 rings (SSSR count). The summed E-state index contributed by atoms with van der Waals surface area (Å²) in [6.07, 6.45) is 2.00. The molecule has 0 atom stereocenters. The van der Waals surface area contributed by atoms with Gasteiger partial charge in [-0.25, -0.2) is 0 Å². The van der Waals surface area contributed by atoms with Gasteiger partial charge in [0.05, 0.1) is 11.8 Å². The van der Waals surface area contributed by atoms with Crippen LogP contribution in [-0.2, 0) is 4.79 Å². The van der Waals surface area contributed by atoms with E-state index in [-0.39, 0.29) is 5.91 Å². The highest BCUT2D eigenvalue weighted by atomic mass is 16.3. The van der Waals surface area contributed by atoms with Crippen LogP contribution in [0.15, 0.2) is 38.6 Å². The zero-order valence-corrected chi connectivity index (χ0v) is 7.43. The van der Waals surface area contributed by atoms with Gasteiger partial charge in [-0.1, -0.05) is 0 Å². The fourth-order valence-electron chi connectivity index (χ4n) is 1.30. The monoisotopic (exact) mass is 191 g/mol. The van der Waals surface area contributed by atoms with Crippen LogP contribution in [0.25, 0.3) is 5.70 Å². The maximum atomic E-state index is 11.3. The quantitative estimate of drug-likeness (QED) is 0.782. The number of hydrogen-bond acceptors (Lipinski definition) is 4. The summed E-state index contributed by atoms with van der Waals surface area (Å²) >= 11 is 0. The minimum atomic E-state index is -0.318. The number of amides is 1. The van der Waals surface area contributed by atoms with Gasteiger partial charge >= 0.3 is 0 Å². The lowest BCUT2D eigenvalue weighted by atomic mass is 10.1. The summed E-state index contributed by atoms with van der Waals surface area (Å²) in [5.74, 6) is 0.241. The van der Waals surface area contributed by atoms with E-state index in [1.54, 1.807) is 12.1 Å². The van der Waals surface area contributed by atoms with E-state index < -0.39 is 0 Å². The average Bonchev–Trinajstić information content (AvgIpc) is 2.77. The fraction of sp³-hybridized carbons (Fsp3) is 0.222. The van der Waals surface area contributed by atoms with Gasteiger partial charge in [-0.3, -0.25) is 4.79 Å². The molecule has 5 nitrogen and oxygen atoms in total. The lowest BCUT2D eigenvalue weighted by Crippen LogP contribution is -2.05. The summed E-state index contributed by atoms with van der Waals surface area (Å²) in [4.78, 5) is 11.3. The molecule has 0 spiro atoms. The SMILES string of the molecule is NCCC1=C(c2ccco2)N=NC1=O. The summed E-state index contributed by atoms with van der Waals surface area (Å²) in [5.41, 5.74) is 6.42. The lowest BCUT2D eigenvalue weighted by molar-refractivity contribution is -0.114. The van der Waals surface area contributed by atoms with Crippen LogP contribution in [0.4, 0.5) is 0 Å². The van der Waals surface area contributed by atoms with Gasteiger partial charge in [-0.15, -0.1) is 10.2 Å². The summed E-state index contributed by atoms with van der Waals surface area (Å²) in [7, 11) is 0. The molecule has 1 aromatic heterocycles. The topological polar surface area (TPSA) is 80.9 Å². The molecule has 0 radical (unpaired) electrons. The summed E-state index contributed by atoms with van der Waals surface area (Å²) in [6.45, 7) is 0.399. The van der Waals surface area contributed by atoms with E-state index in [2.05, 4.69) is 10.2 Å². The number of carbonyl (C=O) groups excluding carboxylic acids is 1. The summed E-state index contributed by atoms with van der Waals surface area (Å²) < 4.78 is 5.14. The summed E-state index contributed by atoms with van der Waals surface area (Å²) in [5, 5.41) is 7.24. The third-order valence-corrected chi connectivity index (χ3v) is 1.93. The van der Waals surface area contributed by atoms with Crippen LogP contribution < -0.4 is 5.73 Å². The highest BCUT2D eigenvalue weighted by Gasteiger charge is 2.23. The Morgan fingerprint density at radius 2 is 2.29 bits per heavy atom. The van der Waals surface area contributed by atoms with E-state index in [1.807, 2.05) is 0 Å². The zero-order valence-electron chi connectivity index (χ0n) is 7.43. The van der Waals surface area contributed by atoms with Crippen LogP contribution in [-0.4, -0.2) is 12.5 Å². The van der Waals surface area contributed by atoms with Gasteiger partial charge in [0.25, 0.3) is 5.91 Å². The first kappa shape index (κ1) is 8.83. The number of azo groups is 1. The maximum Gasteiger partial charge on any atom is 0.293 e. The Balaban J connectivity index is 2.40. The molecule has 72 valence electrons. The second-order valence-electron chi connectivity index (χ2n) is 2.85. The smallest absolute Gasteiger partial charge is 0.293 e. The van der Waals surface area contributed by atoms with E-state index in [9.17, 15) is 4.79 Å². The van der Waals surface area contributed by atoms with Crippen LogP contribution >= 0.6 is 0 Å². The van der Waals surface area contributed by atoms with Crippen molar-refractivity contribution in [3.8, 4) is 0 Å². The fourth-order valence-corrected chi connectivity index (χ4v) is 1.30. The standard InChI is InChI=1S/C9H9N3O2/c10-4-3-6-8(11-12-9(6)13)7-2-1-5-14-7/h1-2,5H,3-4,10H2. The number of nitrogens with zero attached hydrogens (tertiary/aromatic N) is 2. The normalized spacial score (nSPS) is 15.6. The first-order chi connectivity index (χ1) is 6.83. The minimum Gasteiger partial charge on any atom is -0.463 e. The lowest BCUT2D eigenvalue weighted by Gasteiger charge is -1.97. The molecule has 0 saturated carbocycles. The molecule has 5 heteroatoms. The molecule has 0 fully saturated rings. The number of rotatable bonds is 3. The predicted octanol–water partition coefficient (Wildman–Crippen LogP) is 1.33. The van der Waals surface area contributed by atoms with Gasteiger partial charge in [0.1, 0.15) is 5.70 Å². The molecule has 1 aliphatic heterocycles. The molecule has 1 aliphatic rings.